The summed E-state index contributed by atoms with van der Waals surface area (Å²) in [6.45, 7) is 5.98. The third-order valence-corrected chi connectivity index (χ3v) is 7.13. The molecule has 0 unspecified atom stereocenters. The summed E-state index contributed by atoms with van der Waals surface area (Å²) >= 11 is 0. The van der Waals surface area contributed by atoms with Crippen molar-refractivity contribution >= 4 is 45.1 Å². The average Bonchev–Trinajstić information content (AvgIpc) is 3.29. The lowest BCUT2D eigenvalue weighted by Gasteiger charge is -2.07. The Hall–Kier alpha value is -4.84. The zero-order valence-electron chi connectivity index (χ0n) is 22.8. The minimum absolute atomic E-state index is 0.0404. The fourth-order valence-corrected chi connectivity index (χ4v) is 5.10. The maximum absolute atomic E-state index is 13.6. The van der Waals surface area contributed by atoms with Crippen LogP contribution in [0.15, 0.2) is 96.2 Å². The van der Waals surface area contributed by atoms with E-state index >= 15 is 0 Å². The third-order valence-electron chi connectivity index (χ3n) is 7.13. The molecule has 1 heterocycles. The van der Waals surface area contributed by atoms with Gasteiger partial charge in [0.05, 0.1) is 0 Å². The van der Waals surface area contributed by atoms with Gasteiger partial charge in [-0.2, -0.15) is 0 Å². The van der Waals surface area contributed by atoms with Crippen LogP contribution in [-0.2, 0) is 22.6 Å². The Morgan fingerprint density at radius 3 is 2.08 bits per heavy atom. The summed E-state index contributed by atoms with van der Waals surface area (Å²) in [7, 11) is 0. The molecule has 6 nitrogen and oxygen atoms in total. The largest absolute Gasteiger partial charge is 0.341 e. The van der Waals surface area contributed by atoms with Crippen molar-refractivity contribution in [2.75, 3.05) is 0 Å². The summed E-state index contributed by atoms with van der Waals surface area (Å²) < 4.78 is 2.17. The van der Waals surface area contributed by atoms with Crippen LogP contribution in [0.3, 0.4) is 0 Å². The molecule has 0 atom stereocenters. The zero-order chi connectivity index (χ0) is 28.2. The molecular weight excluding hydrogens is 500 g/mol. The van der Waals surface area contributed by atoms with Crippen LogP contribution in [0, 0.1) is 6.92 Å². The highest BCUT2D eigenvalue weighted by molar-refractivity contribution is 6.46. The molecule has 5 rings (SSSR count). The number of rotatable bonds is 9. The highest BCUT2D eigenvalue weighted by atomic mass is 16.7. The molecule has 0 aliphatic rings. The smallest absolute Gasteiger partial charge is 0.331 e. The van der Waals surface area contributed by atoms with Crippen molar-refractivity contribution in [3.05, 3.63) is 119 Å². The SMILES string of the molecule is CCn1c2ccc(C(=O)/C(CCc3ccccc3)=N/OC(C)=O)cc2c2cc(C(=O)c3ccccc3C)ccc21. The molecule has 0 fully saturated rings. The lowest BCUT2D eigenvalue weighted by Crippen LogP contribution is -2.17. The molecule has 0 N–H and O–H groups in total. The van der Waals surface area contributed by atoms with Gasteiger partial charge in [0.25, 0.3) is 0 Å². The van der Waals surface area contributed by atoms with E-state index in [0.29, 0.717) is 29.5 Å². The van der Waals surface area contributed by atoms with Gasteiger partial charge in [0, 0.05) is 58.4 Å². The van der Waals surface area contributed by atoms with Gasteiger partial charge >= 0.3 is 5.97 Å². The molecule has 0 aliphatic heterocycles. The number of oxime groups is 1. The summed E-state index contributed by atoms with van der Waals surface area (Å²) in [5.41, 5.74) is 5.81. The summed E-state index contributed by atoms with van der Waals surface area (Å²) in [6.07, 6.45) is 0.897. The number of benzene rings is 4. The molecule has 1 aromatic heterocycles. The van der Waals surface area contributed by atoms with Crippen LogP contribution in [0.1, 0.15) is 57.7 Å². The van der Waals surface area contributed by atoms with E-state index in [1.807, 2.05) is 91.9 Å². The average molecular weight is 531 g/mol. The second-order valence-electron chi connectivity index (χ2n) is 9.79. The van der Waals surface area contributed by atoms with Crippen LogP contribution in [0.4, 0.5) is 0 Å². The van der Waals surface area contributed by atoms with Gasteiger partial charge in [0.2, 0.25) is 5.78 Å². The number of Topliss-reactive ketones (excluding diaryl/α,β-unsaturated/α-hetero) is 1. The number of aromatic nitrogens is 1. The van der Waals surface area contributed by atoms with Crippen molar-refractivity contribution in [3.63, 3.8) is 0 Å². The van der Waals surface area contributed by atoms with E-state index in [1.54, 1.807) is 6.07 Å². The predicted octanol–water partition coefficient (Wildman–Crippen LogP) is 7.09. The molecule has 0 aliphatic carbocycles. The van der Waals surface area contributed by atoms with Gasteiger partial charge in [0.1, 0.15) is 5.71 Å². The minimum atomic E-state index is -0.586. The number of ketones is 2. The summed E-state index contributed by atoms with van der Waals surface area (Å²) in [5.74, 6) is -0.928. The van der Waals surface area contributed by atoms with Gasteiger partial charge in [-0.25, -0.2) is 4.79 Å². The quantitative estimate of drug-likeness (QED) is 0.0882. The molecule has 0 amide bonds. The zero-order valence-corrected chi connectivity index (χ0v) is 22.8. The van der Waals surface area contributed by atoms with Crippen molar-refractivity contribution < 1.29 is 19.2 Å². The molecule has 0 bridgehead atoms. The maximum atomic E-state index is 13.6. The highest BCUT2D eigenvalue weighted by Crippen LogP contribution is 2.32. The Labute approximate surface area is 232 Å². The van der Waals surface area contributed by atoms with E-state index in [0.717, 1.165) is 39.5 Å². The van der Waals surface area contributed by atoms with Gasteiger partial charge in [-0.15, -0.1) is 0 Å². The predicted molar refractivity (Wildman–Crippen MR) is 158 cm³/mol. The van der Waals surface area contributed by atoms with Crippen LogP contribution < -0.4 is 0 Å². The van der Waals surface area contributed by atoms with Crippen molar-refractivity contribution in [3.8, 4) is 0 Å². The molecule has 0 spiro atoms. The van der Waals surface area contributed by atoms with Crippen molar-refractivity contribution in [2.24, 2.45) is 5.16 Å². The summed E-state index contributed by atoms with van der Waals surface area (Å²) in [6, 6.07) is 28.6. The monoisotopic (exact) mass is 530 g/mol. The first-order chi connectivity index (χ1) is 19.4. The molecule has 0 saturated heterocycles. The van der Waals surface area contributed by atoms with Crippen LogP contribution in [0.5, 0.6) is 0 Å². The van der Waals surface area contributed by atoms with E-state index in [9.17, 15) is 14.4 Å². The molecular formula is C34H30N2O4. The van der Waals surface area contributed by atoms with Gasteiger partial charge in [-0.05, 0) is 67.8 Å². The summed E-state index contributed by atoms with van der Waals surface area (Å²) in [4.78, 5) is 43.4. The van der Waals surface area contributed by atoms with E-state index in [2.05, 4.69) is 16.6 Å². The highest BCUT2D eigenvalue weighted by Gasteiger charge is 2.20. The first-order valence-corrected chi connectivity index (χ1v) is 13.4. The Morgan fingerprint density at radius 2 is 1.43 bits per heavy atom. The lowest BCUT2D eigenvalue weighted by molar-refractivity contribution is -0.140. The Kier molecular flexibility index (Phi) is 7.69. The number of nitrogens with zero attached hydrogens (tertiary/aromatic N) is 2. The Bertz CT molecular complexity index is 1780. The summed E-state index contributed by atoms with van der Waals surface area (Å²) in [5, 5.41) is 5.69. The minimum Gasteiger partial charge on any atom is -0.341 e. The van der Waals surface area contributed by atoms with Gasteiger partial charge in [-0.1, -0.05) is 59.8 Å². The Balaban J connectivity index is 1.56. The molecule has 40 heavy (non-hydrogen) atoms. The second-order valence-corrected chi connectivity index (χ2v) is 9.79. The molecule has 0 saturated carbocycles. The van der Waals surface area contributed by atoms with Crippen LogP contribution in [-0.4, -0.2) is 27.8 Å². The van der Waals surface area contributed by atoms with Crippen LogP contribution in [0.2, 0.25) is 0 Å². The van der Waals surface area contributed by atoms with E-state index in [1.165, 1.54) is 6.92 Å². The topological polar surface area (TPSA) is 77.7 Å². The lowest BCUT2D eigenvalue weighted by atomic mass is 9.97. The molecule has 6 heteroatoms. The fraction of sp³-hybridized carbons (Fsp3) is 0.176. The van der Waals surface area contributed by atoms with Crippen molar-refractivity contribution in [1.82, 2.24) is 4.57 Å². The Morgan fingerprint density at radius 1 is 0.800 bits per heavy atom. The van der Waals surface area contributed by atoms with Gasteiger partial charge < -0.3 is 9.40 Å². The number of hydrogen-bond donors (Lipinski definition) is 0. The van der Waals surface area contributed by atoms with Crippen LogP contribution >= 0.6 is 0 Å². The first-order valence-electron chi connectivity index (χ1n) is 13.4. The normalized spacial score (nSPS) is 11.6. The van der Waals surface area contributed by atoms with Crippen molar-refractivity contribution in [2.45, 2.75) is 40.2 Å². The number of aryl methyl sites for hydroxylation is 3. The van der Waals surface area contributed by atoms with Gasteiger partial charge in [0.15, 0.2) is 5.78 Å². The van der Waals surface area contributed by atoms with Gasteiger partial charge in [-0.3, -0.25) is 9.59 Å². The van der Waals surface area contributed by atoms with E-state index < -0.39 is 5.97 Å². The third kappa shape index (κ3) is 5.34. The molecule has 0 radical (unpaired) electrons. The molecule has 5 aromatic rings. The van der Waals surface area contributed by atoms with E-state index in [4.69, 9.17) is 4.84 Å². The van der Waals surface area contributed by atoms with E-state index in [-0.39, 0.29) is 17.3 Å². The number of fused-ring (bicyclic) bond motifs is 3. The number of carbonyl (C=O) groups excluding carboxylic acids is 3. The molecule has 200 valence electrons. The maximum Gasteiger partial charge on any atom is 0.331 e. The number of carbonyl (C=O) groups is 3. The molecule has 4 aromatic carbocycles. The van der Waals surface area contributed by atoms with Crippen LogP contribution in [0.25, 0.3) is 21.8 Å². The van der Waals surface area contributed by atoms with Crippen molar-refractivity contribution in [1.29, 1.82) is 0 Å². The standard InChI is InChI=1S/C34H30N2O4/c1-4-36-31-18-15-25(33(38)27-13-9-8-10-22(27)2)20-28(31)29-21-26(16-19-32(29)36)34(39)30(35-40-23(3)37)17-14-24-11-6-5-7-12-24/h5-13,15-16,18-21H,4,14,17H2,1-3H3/b35-30+. The number of hydrogen-bond acceptors (Lipinski definition) is 5. The second kappa shape index (κ2) is 11.5. The fourth-order valence-electron chi connectivity index (χ4n) is 5.10. The first kappa shape index (κ1) is 26.8.